The third kappa shape index (κ3) is 4.30. The van der Waals surface area contributed by atoms with Gasteiger partial charge in [-0.2, -0.15) is 0 Å². The average molecular weight is 297 g/mol. The molecule has 0 fully saturated rings. The van der Waals surface area contributed by atoms with Crippen LogP contribution >= 0.6 is 0 Å². The van der Waals surface area contributed by atoms with Gasteiger partial charge in [0.25, 0.3) is 0 Å². The van der Waals surface area contributed by atoms with Crippen molar-refractivity contribution in [2.45, 2.75) is 77.6 Å². The van der Waals surface area contributed by atoms with Crippen molar-refractivity contribution in [3.8, 4) is 0 Å². The summed E-state index contributed by atoms with van der Waals surface area (Å²) in [6.07, 6.45) is 15.7. The van der Waals surface area contributed by atoms with E-state index in [0.29, 0.717) is 0 Å². The van der Waals surface area contributed by atoms with Crippen LogP contribution in [0.15, 0.2) is 6.07 Å². The van der Waals surface area contributed by atoms with Gasteiger partial charge in [-0.05, 0) is 0 Å². The second kappa shape index (κ2) is 7.44. The molecule has 0 spiro atoms. The van der Waals surface area contributed by atoms with E-state index in [9.17, 15) is 0 Å². The molecule has 1 aliphatic carbocycles. The van der Waals surface area contributed by atoms with Gasteiger partial charge >= 0.3 is 113 Å². The van der Waals surface area contributed by atoms with Crippen LogP contribution in [-0.2, 0) is 19.3 Å². The number of hydrogen-bond donors (Lipinski definition) is 0. The maximum absolute atomic E-state index is 2.57. The third-order valence-corrected chi connectivity index (χ3v) is 6.55. The minimum absolute atomic E-state index is 0.763. The molecule has 1 heteroatoms. The van der Waals surface area contributed by atoms with Crippen LogP contribution in [0.4, 0.5) is 0 Å². The fraction of sp³-hybridized carbons (Fsp3) is 0.750. The summed E-state index contributed by atoms with van der Waals surface area (Å²) in [7, 11) is 0. The van der Waals surface area contributed by atoms with Gasteiger partial charge in [0.2, 0.25) is 0 Å². The SMILES string of the molecule is CCCCCCCCc1cc2c([se]1)CCCC2. The van der Waals surface area contributed by atoms with Crippen LogP contribution in [0.1, 0.15) is 72.7 Å². The predicted octanol–water partition coefficient (Wildman–Crippen LogP) is 4.53. The van der Waals surface area contributed by atoms with Gasteiger partial charge in [0.05, 0.1) is 0 Å². The van der Waals surface area contributed by atoms with E-state index in [1.54, 1.807) is 10.0 Å². The summed E-state index contributed by atoms with van der Waals surface area (Å²) in [5.74, 6) is 0. The number of aryl methyl sites for hydroxylation is 3. The van der Waals surface area contributed by atoms with Crippen molar-refractivity contribution >= 4 is 14.5 Å². The molecule has 0 aromatic carbocycles. The van der Waals surface area contributed by atoms with Crippen molar-refractivity contribution in [2.24, 2.45) is 0 Å². The van der Waals surface area contributed by atoms with Gasteiger partial charge in [0.15, 0.2) is 0 Å². The van der Waals surface area contributed by atoms with E-state index < -0.39 is 0 Å². The number of unbranched alkanes of at least 4 members (excludes halogenated alkanes) is 5. The molecule has 1 heterocycles. The first-order valence-corrected chi connectivity index (χ1v) is 9.22. The monoisotopic (exact) mass is 298 g/mol. The summed E-state index contributed by atoms with van der Waals surface area (Å²) in [5, 5.41) is 0. The Labute approximate surface area is 113 Å². The normalized spacial score (nSPS) is 14.9. The molecule has 0 atom stereocenters. The standard InChI is InChI=1S/C16H26Se/c1-2-3-4-5-6-7-11-15-13-14-10-8-9-12-16(14)17-15/h13H,2-12H2,1H3. The Kier molecular flexibility index (Phi) is 5.88. The molecule has 0 amide bonds. The molecular weight excluding hydrogens is 271 g/mol. The molecule has 1 aliphatic rings. The topological polar surface area (TPSA) is 0 Å². The molecule has 96 valence electrons. The zero-order valence-electron chi connectivity index (χ0n) is 11.3. The molecule has 0 saturated carbocycles. The summed E-state index contributed by atoms with van der Waals surface area (Å²) in [4.78, 5) is 0. The molecule has 0 aliphatic heterocycles. The molecule has 17 heavy (non-hydrogen) atoms. The van der Waals surface area contributed by atoms with Crippen LogP contribution < -0.4 is 0 Å². The van der Waals surface area contributed by atoms with Gasteiger partial charge in [0.1, 0.15) is 0 Å². The Morgan fingerprint density at radius 3 is 2.59 bits per heavy atom. The van der Waals surface area contributed by atoms with E-state index >= 15 is 0 Å². The van der Waals surface area contributed by atoms with Gasteiger partial charge < -0.3 is 0 Å². The van der Waals surface area contributed by atoms with Gasteiger partial charge in [-0.3, -0.25) is 0 Å². The Hall–Kier alpha value is -0.000519. The first kappa shape index (κ1) is 13.4. The van der Waals surface area contributed by atoms with Crippen molar-refractivity contribution < 1.29 is 0 Å². The maximum atomic E-state index is 2.57. The first-order valence-electron chi connectivity index (χ1n) is 7.50. The van der Waals surface area contributed by atoms with Crippen LogP contribution in [0.5, 0.6) is 0 Å². The Bertz CT molecular complexity index is 301. The van der Waals surface area contributed by atoms with Crippen LogP contribution in [0, 0.1) is 0 Å². The summed E-state index contributed by atoms with van der Waals surface area (Å²) in [6, 6.07) is 2.57. The van der Waals surface area contributed by atoms with Crippen molar-refractivity contribution in [2.75, 3.05) is 0 Å². The van der Waals surface area contributed by atoms with E-state index in [4.69, 9.17) is 0 Å². The molecular formula is C16H26Se. The van der Waals surface area contributed by atoms with Gasteiger partial charge in [0, 0.05) is 0 Å². The molecule has 1 aromatic heterocycles. The van der Waals surface area contributed by atoms with E-state index in [1.807, 2.05) is 4.44 Å². The van der Waals surface area contributed by atoms with Crippen molar-refractivity contribution in [1.29, 1.82) is 0 Å². The summed E-state index contributed by atoms with van der Waals surface area (Å²) in [5.41, 5.74) is 1.75. The summed E-state index contributed by atoms with van der Waals surface area (Å²) < 4.78 is 3.66. The van der Waals surface area contributed by atoms with E-state index in [0.717, 1.165) is 14.5 Å². The molecule has 0 nitrogen and oxygen atoms in total. The predicted molar refractivity (Wildman–Crippen MR) is 77.1 cm³/mol. The number of fused-ring (bicyclic) bond motifs is 1. The number of hydrogen-bond acceptors (Lipinski definition) is 0. The van der Waals surface area contributed by atoms with Crippen LogP contribution in [0.3, 0.4) is 0 Å². The molecule has 0 N–H and O–H groups in total. The molecule has 2 rings (SSSR count). The zero-order valence-corrected chi connectivity index (χ0v) is 13.0. The van der Waals surface area contributed by atoms with Crippen molar-refractivity contribution in [3.05, 3.63) is 20.5 Å². The molecule has 0 radical (unpaired) electrons. The van der Waals surface area contributed by atoms with E-state index in [1.165, 1.54) is 70.6 Å². The molecule has 0 bridgehead atoms. The summed E-state index contributed by atoms with van der Waals surface area (Å²) >= 11 is 0.763. The Morgan fingerprint density at radius 1 is 1.00 bits per heavy atom. The van der Waals surface area contributed by atoms with Crippen LogP contribution in [0.2, 0.25) is 0 Å². The average Bonchev–Trinajstić information content (AvgIpc) is 2.76. The second-order valence-corrected chi connectivity index (χ2v) is 7.95. The third-order valence-electron chi connectivity index (χ3n) is 3.82. The fourth-order valence-corrected chi connectivity index (χ4v) is 5.49. The van der Waals surface area contributed by atoms with E-state index in [2.05, 4.69) is 13.0 Å². The van der Waals surface area contributed by atoms with Crippen LogP contribution in [0.25, 0.3) is 0 Å². The van der Waals surface area contributed by atoms with Gasteiger partial charge in [-0.25, -0.2) is 0 Å². The number of rotatable bonds is 7. The van der Waals surface area contributed by atoms with Gasteiger partial charge in [-0.15, -0.1) is 0 Å². The van der Waals surface area contributed by atoms with Crippen molar-refractivity contribution in [3.63, 3.8) is 0 Å². The van der Waals surface area contributed by atoms with Gasteiger partial charge in [-0.1, -0.05) is 0 Å². The molecule has 1 aromatic rings. The Morgan fingerprint density at radius 2 is 1.76 bits per heavy atom. The second-order valence-electron chi connectivity index (χ2n) is 5.39. The Balaban J connectivity index is 1.67. The van der Waals surface area contributed by atoms with Crippen molar-refractivity contribution in [1.82, 2.24) is 0 Å². The fourth-order valence-electron chi connectivity index (χ4n) is 2.76. The minimum atomic E-state index is 0.763. The molecule has 0 unspecified atom stereocenters. The molecule has 0 saturated heterocycles. The summed E-state index contributed by atoms with van der Waals surface area (Å²) in [6.45, 7) is 2.29. The first-order chi connectivity index (χ1) is 8.40. The van der Waals surface area contributed by atoms with Crippen LogP contribution in [-0.4, -0.2) is 14.5 Å². The zero-order chi connectivity index (χ0) is 11.9. The quantitative estimate of drug-likeness (QED) is 0.512. The van der Waals surface area contributed by atoms with E-state index in [-0.39, 0.29) is 0 Å².